The summed E-state index contributed by atoms with van der Waals surface area (Å²) >= 11 is 0. The van der Waals surface area contributed by atoms with E-state index in [2.05, 4.69) is 5.32 Å². The van der Waals surface area contributed by atoms with Crippen molar-refractivity contribution >= 4 is 11.9 Å². The fourth-order valence-corrected chi connectivity index (χ4v) is 5.72. The summed E-state index contributed by atoms with van der Waals surface area (Å²) in [4.78, 5) is 29.1. The molecular weight excluding hydrogens is 724 g/mol. The van der Waals surface area contributed by atoms with Gasteiger partial charge in [0.05, 0.1) is 26.4 Å². The number of aliphatic hydroxyl groups excluding tert-OH is 10. The standard InChI is InChI=1S/C30H48N2O21/c33-9-12-19(39)22(42)24(44)28(49-12)48-11-14-21(41)27(52-30-25(45)23(43)20(40)13(10-34)50-30)26(46)29(51-14)47-8-7-31-15(35)3-1-2-4-18(38)53-32-16(36)5-6-17(32)37/h5-6,12-14,19-30,33-34,36-37,39-46H,1-4,7-11H2,(H,31,35). The van der Waals surface area contributed by atoms with E-state index in [1.807, 2.05) is 0 Å². The Balaban J connectivity index is 1.31. The van der Waals surface area contributed by atoms with Gasteiger partial charge in [0.15, 0.2) is 18.9 Å². The molecule has 4 heterocycles. The van der Waals surface area contributed by atoms with Crippen LogP contribution in [0.3, 0.4) is 0 Å². The van der Waals surface area contributed by atoms with Gasteiger partial charge in [-0.2, -0.15) is 0 Å². The van der Waals surface area contributed by atoms with Crippen LogP contribution in [0.1, 0.15) is 25.7 Å². The van der Waals surface area contributed by atoms with E-state index in [1.165, 1.54) is 0 Å². The third-order valence-electron chi connectivity index (χ3n) is 8.79. The summed E-state index contributed by atoms with van der Waals surface area (Å²) in [5.74, 6) is -2.15. The van der Waals surface area contributed by atoms with Crippen LogP contribution in [0.15, 0.2) is 12.1 Å². The molecular formula is C30H48N2O21. The number of aromatic nitrogens is 1. The van der Waals surface area contributed by atoms with E-state index in [-0.39, 0.29) is 38.8 Å². The second kappa shape index (κ2) is 19.7. The van der Waals surface area contributed by atoms with Gasteiger partial charge in [0, 0.05) is 31.5 Å². The average molecular weight is 773 g/mol. The minimum Gasteiger partial charge on any atom is -0.492 e. The number of unbranched alkanes of at least 4 members (excludes halogenated alkanes) is 1. The van der Waals surface area contributed by atoms with E-state index in [4.69, 9.17) is 33.3 Å². The molecule has 0 spiro atoms. The maximum Gasteiger partial charge on any atom is 0.333 e. The first-order chi connectivity index (χ1) is 25.2. The fourth-order valence-electron chi connectivity index (χ4n) is 5.72. The van der Waals surface area contributed by atoms with Gasteiger partial charge in [-0.3, -0.25) is 4.79 Å². The van der Waals surface area contributed by atoms with Gasteiger partial charge in [0.1, 0.15) is 73.2 Å². The number of carbonyl (C=O) groups excluding carboxylic acids is 2. The molecule has 3 saturated heterocycles. The number of rotatable bonds is 17. The molecule has 53 heavy (non-hydrogen) atoms. The van der Waals surface area contributed by atoms with Crippen LogP contribution in [-0.4, -0.2) is 203 Å². The summed E-state index contributed by atoms with van der Waals surface area (Å²) in [6.45, 7) is -2.60. The third kappa shape index (κ3) is 10.7. The monoisotopic (exact) mass is 772 g/mol. The molecule has 304 valence electrons. The molecule has 1 aromatic heterocycles. The Morgan fingerprint density at radius 3 is 1.79 bits per heavy atom. The van der Waals surface area contributed by atoms with E-state index in [9.17, 15) is 70.9 Å². The van der Waals surface area contributed by atoms with Crippen LogP contribution in [0.4, 0.5) is 0 Å². The van der Waals surface area contributed by atoms with Crippen molar-refractivity contribution in [3.05, 3.63) is 12.1 Å². The van der Waals surface area contributed by atoms with Gasteiger partial charge in [0.25, 0.3) is 0 Å². The molecule has 15 unspecified atom stereocenters. The molecule has 0 radical (unpaired) electrons. The molecule has 0 bridgehead atoms. The molecule has 0 aromatic carbocycles. The van der Waals surface area contributed by atoms with Crippen LogP contribution in [-0.2, 0) is 38.0 Å². The van der Waals surface area contributed by atoms with Gasteiger partial charge in [-0.1, -0.05) is 0 Å². The van der Waals surface area contributed by atoms with Crippen LogP contribution in [0, 0.1) is 0 Å². The first kappa shape index (κ1) is 42.9. The number of aromatic hydroxyl groups is 2. The van der Waals surface area contributed by atoms with E-state index in [1.54, 1.807) is 0 Å². The lowest BCUT2D eigenvalue weighted by Gasteiger charge is -2.46. The minimum atomic E-state index is -1.92. The molecule has 0 aliphatic carbocycles. The third-order valence-corrected chi connectivity index (χ3v) is 8.79. The van der Waals surface area contributed by atoms with Gasteiger partial charge in [0.2, 0.25) is 17.7 Å². The zero-order chi connectivity index (χ0) is 39.0. The summed E-state index contributed by atoms with van der Waals surface area (Å²) < 4.78 is 33.6. The van der Waals surface area contributed by atoms with Gasteiger partial charge in [-0.25, -0.2) is 4.79 Å². The van der Waals surface area contributed by atoms with E-state index < -0.39 is 136 Å². The second-order valence-corrected chi connectivity index (χ2v) is 12.6. The molecule has 4 rings (SSSR count). The first-order valence-corrected chi connectivity index (χ1v) is 16.8. The lowest BCUT2D eigenvalue weighted by molar-refractivity contribution is -0.366. The Bertz CT molecular complexity index is 1280. The zero-order valence-corrected chi connectivity index (χ0v) is 28.2. The Kier molecular flexibility index (Phi) is 15.9. The summed E-state index contributed by atoms with van der Waals surface area (Å²) in [5, 5.41) is 124. The number of aliphatic hydroxyl groups is 10. The van der Waals surface area contributed by atoms with Crippen molar-refractivity contribution in [1.29, 1.82) is 0 Å². The molecule has 3 fully saturated rings. The molecule has 0 saturated carbocycles. The first-order valence-electron chi connectivity index (χ1n) is 16.8. The van der Waals surface area contributed by atoms with Crippen LogP contribution in [0.5, 0.6) is 11.8 Å². The van der Waals surface area contributed by atoms with Crippen LogP contribution < -0.4 is 10.2 Å². The maximum absolute atomic E-state index is 12.3. The predicted molar refractivity (Wildman–Crippen MR) is 166 cm³/mol. The predicted octanol–water partition coefficient (Wildman–Crippen LogP) is -7.00. The lowest BCUT2D eigenvalue weighted by atomic mass is 9.96. The lowest BCUT2D eigenvalue weighted by Crippen LogP contribution is -2.65. The van der Waals surface area contributed by atoms with Crippen molar-refractivity contribution in [3.63, 3.8) is 0 Å². The number of nitrogens with zero attached hydrogens (tertiary/aromatic N) is 1. The number of carbonyl (C=O) groups is 2. The Hall–Kier alpha value is -2.82. The van der Waals surface area contributed by atoms with Crippen molar-refractivity contribution in [2.24, 2.45) is 0 Å². The zero-order valence-electron chi connectivity index (χ0n) is 28.2. The Morgan fingerprint density at radius 2 is 1.19 bits per heavy atom. The van der Waals surface area contributed by atoms with Crippen LogP contribution in [0.25, 0.3) is 0 Å². The highest BCUT2D eigenvalue weighted by Gasteiger charge is 2.52. The number of nitrogens with one attached hydrogen (secondary N) is 1. The summed E-state index contributed by atoms with van der Waals surface area (Å²) in [6, 6.07) is 2.25. The van der Waals surface area contributed by atoms with Crippen LogP contribution in [0.2, 0.25) is 0 Å². The van der Waals surface area contributed by atoms with Gasteiger partial charge in [-0.05, 0) is 12.8 Å². The van der Waals surface area contributed by atoms with E-state index in [0.29, 0.717) is 4.73 Å². The summed E-state index contributed by atoms with van der Waals surface area (Å²) in [5.41, 5.74) is 0. The minimum absolute atomic E-state index is 0.00553. The second-order valence-electron chi connectivity index (χ2n) is 12.6. The number of amides is 1. The summed E-state index contributed by atoms with van der Waals surface area (Å²) in [6.07, 6.45) is -25.0. The molecule has 23 nitrogen and oxygen atoms in total. The molecule has 3 aliphatic rings. The highest BCUT2D eigenvalue weighted by molar-refractivity contribution is 5.76. The maximum atomic E-state index is 12.3. The smallest absolute Gasteiger partial charge is 0.333 e. The highest BCUT2D eigenvalue weighted by Crippen LogP contribution is 2.31. The van der Waals surface area contributed by atoms with Gasteiger partial charge < -0.3 is 99.9 Å². The SMILES string of the molecule is O=C(CCCCC(=O)On1c(O)ccc1O)NCCOC1OC(COC2OC(CO)C(O)C(O)C2O)C(O)C(OC2OC(CO)C(O)C(O)C2O)C1O. The highest BCUT2D eigenvalue weighted by atomic mass is 16.8. The Labute approximate surface area is 300 Å². The van der Waals surface area contributed by atoms with Gasteiger partial charge >= 0.3 is 5.97 Å². The summed E-state index contributed by atoms with van der Waals surface area (Å²) in [7, 11) is 0. The number of hydrogen-bond acceptors (Lipinski definition) is 21. The van der Waals surface area contributed by atoms with Crippen LogP contribution >= 0.6 is 0 Å². The fraction of sp³-hybridized carbons (Fsp3) is 0.800. The van der Waals surface area contributed by atoms with Crippen molar-refractivity contribution in [3.8, 4) is 11.8 Å². The van der Waals surface area contributed by atoms with Crippen molar-refractivity contribution in [2.75, 3.05) is 33.0 Å². The van der Waals surface area contributed by atoms with Crippen molar-refractivity contribution in [1.82, 2.24) is 10.0 Å². The van der Waals surface area contributed by atoms with Crippen molar-refractivity contribution in [2.45, 2.75) is 118 Å². The quantitative estimate of drug-likeness (QED) is 0.0654. The molecule has 23 heteroatoms. The van der Waals surface area contributed by atoms with E-state index in [0.717, 1.165) is 12.1 Å². The molecule has 1 amide bonds. The molecule has 13 N–H and O–H groups in total. The van der Waals surface area contributed by atoms with E-state index >= 15 is 0 Å². The molecule has 1 aromatic rings. The normalized spacial score (nSPS) is 37.7. The molecule has 15 atom stereocenters. The average Bonchev–Trinajstić information content (AvgIpc) is 3.45. The van der Waals surface area contributed by atoms with Crippen molar-refractivity contribution < 1.29 is 104 Å². The number of ether oxygens (including phenoxy) is 6. The Morgan fingerprint density at radius 1 is 0.660 bits per heavy atom. The number of hydrogen-bond donors (Lipinski definition) is 13. The topological polar surface area (TPSA) is 358 Å². The molecule has 3 aliphatic heterocycles. The largest absolute Gasteiger partial charge is 0.492 e. The van der Waals surface area contributed by atoms with Gasteiger partial charge in [-0.15, -0.1) is 4.73 Å².